The average molecular weight is 329 g/mol. The number of rotatable bonds is 8. The van der Waals surface area contributed by atoms with Gasteiger partial charge in [-0.25, -0.2) is 0 Å². The fraction of sp³-hybridized carbons (Fsp3) is 0.417. The number of aromatic nitrogens is 3. The quantitative estimate of drug-likeness (QED) is 0.593. The van der Waals surface area contributed by atoms with Gasteiger partial charge in [0.05, 0.1) is 10.6 Å². The number of aliphatic carboxylic acids is 1. The smallest absolute Gasteiger partial charge is 0.313 e. The van der Waals surface area contributed by atoms with Gasteiger partial charge in [0.25, 0.3) is 0 Å². The van der Waals surface area contributed by atoms with Crippen molar-refractivity contribution in [1.29, 1.82) is 0 Å². The van der Waals surface area contributed by atoms with Gasteiger partial charge in [0, 0.05) is 6.54 Å². The van der Waals surface area contributed by atoms with Gasteiger partial charge in [-0.3, -0.25) is 4.79 Å². The number of carboxylic acids is 1. The summed E-state index contributed by atoms with van der Waals surface area (Å²) in [5.41, 5.74) is 0. The second-order valence-electron chi connectivity index (χ2n) is 3.96. The second kappa shape index (κ2) is 7.70. The lowest BCUT2D eigenvalue weighted by Gasteiger charge is -2.08. The minimum atomic E-state index is -0.841. The highest BCUT2D eigenvalue weighted by molar-refractivity contribution is 7.99. The number of hydrogen-bond donors (Lipinski definition) is 1. The molecule has 1 N–H and O–H groups in total. The molecule has 0 fully saturated rings. The molecule has 0 aliphatic rings. The minimum Gasteiger partial charge on any atom is -0.481 e. The molecular formula is C12H15N3O2S3. The summed E-state index contributed by atoms with van der Waals surface area (Å²) in [5, 5.41) is 19.8. The maximum Gasteiger partial charge on any atom is 0.313 e. The predicted octanol–water partition coefficient (Wildman–Crippen LogP) is 2.94. The fourth-order valence-corrected chi connectivity index (χ4v) is 3.50. The predicted molar refractivity (Wildman–Crippen MR) is 84.7 cm³/mol. The van der Waals surface area contributed by atoms with E-state index in [1.807, 2.05) is 22.1 Å². The molecule has 5 nitrogen and oxygen atoms in total. The molecule has 0 saturated carbocycles. The summed E-state index contributed by atoms with van der Waals surface area (Å²) in [4.78, 5) is 11.8. The first-order valence-corrected chi connectivity index (χ1v) is 9.29. The van der Waals surface area contributed by atoms with Crippen LogP contribution in [0.2, 0.25) is 0 Å². The van der Waals surface area contributed by atoms with E-state index in [1.165, 1.54) is 11.8 Å². The van der Waals surface area contributed by atoms with Gasteiger partial charge < -0.3 is 9.67 Å². The molecule has 20 heavy (non-hydrogen) atoms. The minimum absolute atomic E-state index is 0.00506. The summed E-state index contributed by atoms with van der Waals surface area (Å²) >= 11 is 4.63. The van der Waals surface area contributed by atoms with Crippen molar-refractivity contribution in [3.05, 3.63) is 17.5 Å². The number of carboxylic acid groups (broad SMARTS) is 1. The van der Waals surface area contributed by atoms with Crippen molar-refractivity contribution in [2.24, 2.45) is 0 Å². The van der Waals surface area contributed by atoms with E-state index < -0.39 is 5.97 Å². The molecule has 0 saturated heterocycles. The number of thiophene rings is 1. The zero-order valence-electron chi connectivity index (χ0n) is 11.0. The van der Waals surface area contributed by atoms with Gasteiger partial charge in [-0.1, -0.05) is 17.8 Å². The van der Waals surface area contributed by atoms with Gasteiger partial charge >= 0.3 is 5.97 Å². The van der Waals surface area contributed by atoms with Crippen molar-refractivity contribution >= 4 is 40.8 Å². The summed E-state index contributed by atoms with van der Waals surface area (Å²) in [5.74, 6) is 1.05. The second-order valence-corrected chi connectivity index (χ2v) is 6.84. The van der Waals surface area contributed by atoms with E-state index in [-0.39, 0.29) is 5.75 Å². The molecule has 0 atom stereocenters. The summed E-state index contributed by atoms with van der Waals surface area (Å²) in [6.07, 6.45) is 3.09. The van der Waals surface area contributed by atoms with Crippen LogP contribution in [-0.4, -0.2) is 43.6 Å². The van der Waals surface area contributed by atoms with Crippen LogP contribution in [0.25, 0.3) is 10.7 Å². The van der Waals surface area contributed by atoms with Crippen LogP contribution in [0.4, 0.5) is 0 Å². The summed E-state index contributed by atoms with van der Waals surface area (Å²) < 4.78 is 2.02. The van der Waals surface area contributed by atoms with Crippen molar-refractivity contribution in [1.82, 2.24) is 14.8 Å². The van der Waals surface area contributed by atoms with Crippen LogP contribution in [0, 0.1) is 0 Å². The average Bonchev–Trinajstić information content (AvgIpc) is 3.05. The molecule has 0 aliphatic heterocycles. The van der Waals surface area contributed by atoms with E-state index in [4.69, 9.17) is 5.11 Å². The van der Waals surface area contributed by atoms with Crippen LogP contribution in [0.5, 0.6) is 0 Å². The summed E-state index contributed by atoms with van der Waals surface area (Å²) in [6.45, 7) is 0.809. The molecule has 0 radical (unpaired) electrons. The van der Waals surface area contributed by atoms with Crippen LogP contribution >= 0.6 is 34.9 Å². The first-order valence-electron chi connectivity index (χ1n) is 6.03. The van der Waals surface area contributed by atoms with E-state index in [0.29, 0.717) is 5.16 Å². The normalized spacial score (nSPS) is 10.8. The Morgan fingerprint density at radius 1 is 1.50 bits per heavy atom. The summed E-state index contributed by atoms with van der Waals surface area (Å²) in [6, 6.07) is 3.98. The molecule has 2 aromatic rings. The zero-order valence-corrected chi connectivity index (χ0v) is 13.4. The standard InChI is InChI=1S/C12H15N3O2S3/c1-18-6-3-5-15-11(9-4-2-7-19-9)13-14-12(15)20-8-10(16)17/h2,4,7H,3,5-6,8H2,1H3,(H,16,17). The van der Waals surface area contributed by atoms with E-state index in [9.17, 15) is 4.79 Å². The number of carbonyl (C=O) groups is 1. The third-order valence-electron chi connectivity index (χ3n) is 2.51. The number of hydrogen-bond acceptors (Lipinski definition) is 6. The third-order valence-corrected chi connectivity index (χ3v) is 5.03. The maximum atomic E-state index is 10.7. The third kappa shape index (κ3) is 4.00. The van der Waals surface area contributed by atoms with Crippen LogP contribution < -0.4 is 0 Å². The van der Waals surface area contributed by atoms with Gasteiger partial charge in [-0.2, -0.15) is 11.8 Å². The molecule has 2 heterocycles. The Hall–Kier alpha value is -0.990. The highest BCUT2D eigenvalue weighted by atomic mass is 32.2. The molecule has 0 unspecified atom stereocenters. The van der Waals surface area contributed by atoms with E-state index in [1.54, 1.807) is 23.1 Å². The molecule has 8 heteroatoms. The molecule has 0 bridgehead atoms. The van der Waals surface area contributed by atoms with Crippen molar-refractivity contribution in [2.45, 2.75) is 18.1 Å². The Kier molecular flexibility index (Phi) is 5.93. The first kappa shape index (κ1) is 15.4. The van der Waals surface area contributed by atoms with Crippen LogP contribution in [0.3, 0.4) is 0 Å². The van der Waals surface area contributed by atoms with Crippen molar-refractivity contribution < 1.29 is 9.90 Å². The Morgan fingerprint density at radius 2 is 2.35 bits per heavy atom. The monoisotopic (exact) mass is 329 g/mol. The number of nitrogens with zero attached hydrogens (tertiary/aromatic N) is 3. The SMILES string of the molecule is CSCCCn1c(SCC(=O)O)nnc1-c1cccs1. The molecule has 2 aromatic heterocycles. The van der Waals surface area contributed by atoms with E-state index in [0.717, 1.165) is 29.4 Å². The maximum absolute atomic E-state index is 10.7. The molecule has 2 rings (SSSR count). The molecule has 0 aliphatic carbocycles. The fourth-order valence-electron chi connectivity index (χ4n) is 1.68. The lowest BCUT2D eigenvalue weighted by molar-refractivity contribution is -0.133. The van der Waals surface area contributed by atoms with Gasteiger partial charge in [-0.05, 0) is 29.9 Å². The molecular weight excluding hydrogens is 314 g/mol. The van der Waals surface area contributed by atoms with Crippen LogP contribution in [-0.2, 0) is 11.3 Å². The van der Waals surface area contributed by atoms with Gasteiger partial charge in [0.1, 0.15) is 0 Å². The van der Waals surface area contributed by atoms with Gasteiger partial charge in [0.15, 0.2) is 11.0 Å². The van der Waals surface area contributed by atoms with E-state index in [2.05, 4.69) is 16.5 Å². The Morgan fingerprint density at radius 3 is 3.00 bits per heavy atom. The van der Waals surface area contributed by atoms with Gasteiger partial charge in [-0.15, -0.1) is 21.5 Å². The topological polar surface area (TPSA) is 68.0 Å². The van der Waals surface area contributed by atoms with Crippen molar-refractivity contribution in [3.8, 4) is 10.7 Å². The van der Waals surface area contributed by atoms with Crippen LogP contribution in [0.15, 0.2) is 22.7 Å². The Balaban J connectivity index is 2.20. The van der Waals surface area contributed by atoms with E-state index >= 15 is 0 Å². The Labute approximate surface area is 129 Å². The molecule has 108 valence electrons. The van der Waals surface area contributed by atoms with Crippen molar-refractivity contribution in [2.75, 3.05) is 17.8 Å². The highest BCUT2D eigenvalue weighted by Crippen LogP contribution is 2.27. The lowest BCUT2D eigenvalue weighted by atomic mass is 10.4. The molecule has 0 amide bonds. The highest BCUT2D eigenvalue weighted by Gasteiger charge is 2.15. The summed E-state index contributed by atoms with van der Waals surface area (Å²) in [7, 11) is 0. The van der Waals surface area contributed by atoms with Crippen LogP contribution in [0.1, 0.15) is 6.42 Å². The molecule has 0 aromatic carbocycles. The van der Waals surface area contributed by atoms with Gasteiger partial charge in [0.2, 0.25) is 0 Å². The lowest BCUT2D eigenvalue weighted by Crippen LogP contribution is -2.05. The Bertz CT molecular complexity index is 554. The number of thioether (sulfide) groups is 2. The first-order chi connectivity index (χ1) is 9.72. The van der Waals surface area contributed by atoms with Crippen molar-refractivity contribution in [3.63, 3.8) is 0 Å². The largest absolute Gasteiger partial charge is 0.481 e. The molecule has 0 spiro atoms. The zero-order chi connectivity index (χ0) is 14.4.